The highest BCUT2D eigenvalue weighted by Gasteiger charge is 2.44. The van der Waals surface area contributed by atoms with Crippen LogP contribution in [0.5, 0.6) is 0 Å². The summed E-state index contributed by atoms with van der Waals surface area (Å²) >= 11 is 0. The molecule has 312 valence electrons. The number of allylic oxidation sites excluding steroid dienone is 8. The Labute approximate surface area is 327 Å². The van der Waals surface area contributed by atoms with E-state index in [1.54, 1.807) is 0 Å². The fourth-order valence-corrected chi connectivity index (χ4v) is 6.12. The third kappa shape index (κ3) is 26.5. The van der Waals surface area contributed by atoms with Gasteiger partial charge in [0.1, 0.15) is 31.0 Å². The molecule has 0 aliphatic carbocycles. The van der Waals surface area contributed by atoms with Gasteiger partial charge < -0.3 is 39.4 Å². The molecule has 0 aromatic carbocycles. The van der Waals surface area contributed by atoms with Crippen molar-refractivity contribution in [1.82, 2.24) is 0 Å². The largest absolute Gasteiger partial charge is 0.462 e. The van der Waals surface area contributed by atoms with Crippen molar-refractivity contribution in [2.75, 3.05) is 19.8 Å². The van der Waals surface area contributed by atoms with Crippen molar-refractivity contribution in [3.8, 4) is 0 Å². The van der Waals surface area contributed by atoms with Gasteiger partial charge >= 0.3 is 11.9 Å². The molecule has 10 heteroatoms. The number of aliphatic hydroxyl groups excluding tert-OH is 4. The average Bonchev–Trinajstić information content (AvgIpc) is 3.17. The molecule has 1 saturated heterocycles. The number of carbonyl (C=O) groups excluding carboxylic acids is 2. The second kappa shape index (κ2) is 35.1. The quantitative estimate of drug-likeness (QED) is 0.0217. The van der Waals surface area contributed by atoms with E-state index in [1.807, 2.05) is 18.2 Å². The maximum atomic E-state index is 12.7. The number of ether oxygens (including phenoxy) is 4. The normalized spacial score (nSPS) is 21.2. The molecule has 0 amide bonds. The standard InChI is InChI=1S/C44H76O10/c1-3-5-7-9-11-13-15-17-18-19-21-22-24-26-28-30-32-39(46)51-35-37(36-52-44-43(50)42(49)41(48)38(34-45)54-44)53-40(47)33-31-29-27-25-23-20-16-14-12-10-8-6-4-2/h6,8,10,12,14,16,18-19,37-38,41-45,48-50H,3-5,7,9,11,13,15,17,20-36H2,1-2H3/b8-6+,12-10+,16-14+,19-18+/t37?,38-,41+,42?,43?,44-/m0/s1. The van der Waals surface area contributed by atoms with Gasteiger partial charge in [0, 0.05) is 12.8 Å². The molecule has 1 rings (SSSR count). The minimum atomic E-state index is -1.60. The molecule has 0 aromatic heterocycles. The molecule has 1 aliphatic heterocycles. The highest BCUT2D eigenvalue weighted by atomic mass is 16.7. The van der Waals surface area contributed by atoms with Crippen LogP contribution in [0.3, 0.4) is 0 Å². The fraction of sp³-hybridized carbons (Fsp3) is 0.773. The van der Waals surface area contributed by atoms with Crippen LogP contribution in [0.4, 0.5) is 0 Å². The summed E-state index contributed by atoms with van der Waals surface area (Å²) in [5, 5.41) is 40.0. The molecule has 0 aromatic rings. The smallest absolute Gasteiger partial charge is 0.306 e. The first-order chi connectivity index (χ1) is 26.3. The lowest BCUT2D eigenvalue weighted by molar-refractivity contribution is -0.305. The second-order valence-corrected chi connectivity index (χ2v) is 14.5. The molecule has 1 fully saturated rings. The number of unbranched alkanes of at least 4 members (excludes halogenated alkanes) is 17. The van der Waals surface area contributed by atoms with E-state index < -0.39 is 55.4 Å². The van der Waals surface area contributed by atoms with Crippen LogP contribution in [0, 0.1) is 0 Å². The predicted molar refractivity (Wildman–Crippen MR) is 215 cm³/mol. The molecule has 0 saturated carbocycles. The summed E-state index contributed by atoms with van der Waals surface area (Å²) in [6, 6.07) is 0. The molecular formula is C44H76O10. The van der Waals surface area contributed by atoms with Gasteiger partial charge in [0.25, 0.3) is 0 Å². The maximum Gasteiger partial charge on any atom is 0.306 e. The van der Waals surface area contributed by atoms with E-state index in [4.69, 9.17) is 18.9 Å². The molecule has 0 radical (unpaired) electrons. The van der Waals surface area contributed by atoms with Crippen molar-refractivity contribution in [2.45, 2.75) is 198 Å². The fourth-order valence-electron chi connectivity index (χ4n) is 6.12. The third-order valence-corrected chi connectivity index (χ3v) is 9.51. The number of aliphatic hydroxyl groups is 4. The van der Waals surface area contributed by atoms with Gasteiger partial charge in [-0.3, -0.25) is 9.59 Å². The average molecular weight is 765 g/mol. The number of hydrogen-bond donors (Lipinski definition) is 4. The van der Waals surface area contributed by atoms with E-state index in [2.05, 4.69) is 44.2 Å². The van der Waals surface area contributed by atoms with Crippen LogP contribution in [-0.4, -0.2) is 89.0 Å². The lowest BCUT2D eigenvalue weighted by atomic mass is 9.99. The van der Waals surface area contributed by atoms with E-state index in [9.17, 15) is 30.0 Å². The zero-order valence-electron chi connectivity index (χ0n) is 33.7. The molecule has 1 heterocycles. The molecule has 6 atom stereocenters. The summed E-state index contributed by atoms with van der Waals surface area (Å²) < 4.78 is 22.1. The van der Waals surface area contributed by atoms with Gasteiger partial charge in [-0.25, -0.2) is 0 Å². The highest BCUT2D eigenvalue weighted by molar-refractivity contribution is 5.70. The number of rotatable bonds is 34. The molecule has 10 nitrogen and oxygen atoms in total. The van der Waals surface area contributed by atoms with Gasteiger partial charge in [0.15, 0.2) is 12.4 Å². The number of esters is 2. The molecular weight excluding hydrogens is 688 g/mol. The Balaban J connectivity index is 2.37. The highest BCUT2D eigenvalue weighted by Crippen LogP contribution is 2.22. The summed E-state index contributed by atoms with van der Waals surface area (Å²) in [7, 11) is 0. The maximum absolute atomic E-state index is 12.7. The van der Waals surface area contributed by atoms with Gasteiger partial charge in [-0.2, -0.15) is 0 Å². The number of carbonyl (C=O) groups is 2. The summed E-state index contributed by atoms with van der Waals surface area (Å²) in [6.07, 6.45) is 32.6. The Morgan fingerprint density at radius 2 is 1.11 bits per heavy atom. The summed E-state index contributed by atoms with van der Waals surface area (Å²) in [5.74, 6) is -0.843. The van der Waals surface area contributed by atoms with Crippen LogP contribution in [0.1, 0.15) is 162 Å². The van der Waals surface area contributed by atoms with Gasteiger partial charge in [0.2, 0.25) is 0 Å². The molecule has 4 N–H and O–H groups in total. The van der Waals surface area contributed by atoms with Gasteiger partial charge in [0.05, 0.1) is 13.2 Å². The van der Waals surface area contributed by atoms with Crippen molar-refractivity contribution in [3.63, 3.8) is 0 Å². The van der Waals surface area contributed by atoms with E-state index in [0.29, 0.717) is 12.8 Å². The van der Waals surface area contributed by atoms with Crippen LogP contribution < -0.4 is 0 Å². The predicted octanol–water partition coefficient (Wildman–Crippen LogP) is 8.49. The van der Waals surface area contributed by atoms with Crippen LogP contribution >= 0.6 is 0 Å². The summed E-state index contributed by atoms with van der Waals surface area (Å²) in [6.45, 7) is 3.24. The first kappa shape index (κ1) is 49.7. The van der Waals surface area contributed by atoms with Gasteiger partial charge in [-0.1, -0.05) is 140 Å². The van der Waals surface area contributed by atoms with Crippen LogP contribution in [-0.2, 0) is 28.5 Å². The van der Waals surface area contributed by atoms with E-state index in [1.165, 1.54) is 51.4 Å². The summed E-state index contributed by atoms with van der Waals surface area (Å²) in [4.78, 5) is 25.2. The first-order valence-electron chi connectivity index (χ1n) is 21.2. The molecule has 0 bridgehead atoms. The van der Waals surface area contributed by atoms with E-state index in [-0.39, 0.29) is 26.1 Å². The van der Waals surface area contributed by atoms with Crippen molar-refractivity contribution in [2.24, 2.45) is 0 Å². The molecule has 1 aliphatic rings. The Hall–Kier alpha value is -2.34. The molecule has 3 unspecified atom stereocenters. The van der Waals surface area contributed by atoms with Gasteiger partial charge in [-0.15, -0.1) is 0 Å². The van der Waals surface area contributed by atoms with E-state index in [0.717, 1.165) is 70.6 Å². The number of hydrogen-bond acceptors (Lipinski definition) is 10. The minimum absolute atomic E-state index is 0.204. The zero-order valence-corrected chi connectivity index (χ0v) is 33.7. The second-order valence-electron chi connectivity index (χ2n) is 14.5. The molecule has 0 spiro atoms. The lowest BCUT2D eigenvalue weighted by Gasteiger charge is -2.39. The minimum Gasteiger partial charge on any atom is -0.462 e. The van der Waals surface area contributed by atoms with Crippen LogP contribution in [0.15, 0.2) is 48.6 Å². The molecule has 54 heavy (non-hydrogen) atoms. The third-order valence-electron chi connectivity index (χ3n) is 9.51. The Morgan fingerprint density at radius 3 is 1.69 bits per heavy atom. The Morgan fingerprint density at radius 1 is 0.593 bits per heavy atom. The van der Waals surface area contributed by atoms with Gasteiger partial charge in [-0.05, 0) is 57.8 Å². The van der Waals surface area contributed by atoms with Crippen LogP contribution in [0.25, 0.3) is 0 Å². The lowest BCUT2D eigenvalue weighted by Crippen LogP contribution is -2.59. The Bertz CT molecular complexity index is 1020. The van der Waals surface area contributed by atoms with Crippen molar-refractivity contribution in [3.05, 3.63) is 48.6 Å². The Kier molecular flexibility index (Phi) is 32.3. The van der Waals surface area contributed by atoms with E-state index >= 15 is 0 Å². The topological polar surface area (TPSA) is 152 Å². The van der Waals surface area contributed by atoms with Crippen molar-refractivity contribution in [1.29, 1.82) is 0 Å². The first-order valence-corrected chi connectivity index (χ1v) is 21.2. The summed E-state index contributed by atoms with van der Waals surface area (Å²) in [5.41, 5.74) is 0. The van der Waals surface area contributed by atoms with Crippen molar-refractivity contribution >= 4 is 11.9 Å². The van der Waals surface area contributed by atoms with Crippen molar-refractivity contribution < 1.29 is 49.0 Å². The zero-order chi connectivity index (χ0) is 39.5. The van der Waals surface area contributed by atoms with Crippen LogP contribution in [0.2, 0.25) is 0 Å². The SMILES string of the molecule is CC/C=C/C=C/C=C/CCCCCCCC(=O)OC(COC(=O)CCCCCCC/C=C/CCCCCCCCC)CO[C@H]1O[C@@H](CO)[C@@H](O)C(O)C1O. The monoisotopic (exact) mass is 765 g/mol.